The third kappa shape index (κ3) is 13.6. The fourth-order valence-electron chi connectivity index (χ4n) is 3.40. The van der Waals surface area contributed by atoms with Crippen LogP contribution in [0.4, 0.5) is 0 Å². The summed E-state index contributed by atoms with van der Waals surface area (Å²) in [5.74, 6) is 0. The predicted molar refractivity (Wildman–Crippen MR) is 97.4 cm³/mol. The van der Waals surface area contributed by atoms with Crippen LogP contribution in [0.3, 0.4) is 0 Å². The first kappa shape index (κ1) is 30.5. The molecule has 1 aliphatic carbocycles. The minimum Gasteiger partial charge on any atom is -0.324 e. The quantitative estimate of drug-likeness (QED) is 0.104. The fourth-order valence-corrected chi connectivity index (χ4v) is 6.85. The minimum atomic E-state index is -4.76. The van der Waals surface area contributed by atoms with E-state index in [1.807, 2.05) is 0 Å². The van der Waals surface area contributed by atoms with Crippen LogP contribution in [0.5, 0.6) is 0 Å². The molecule has 0 aliphatic heterocycles. The molecular weight excluding hydrogens is 487 g/mol. The summed E-state index contributed by atoms with van der Waals surface area (Å²) in [6.07, 6.45) is -2.72. The Morgan fingerprint density at radius 3 is 0.931 bits per heavy atom. The average molecular weight is 513 g/mol. The third-order valence-electron chi connectivity index (χ3n) is 4.10. The summed E-state index contributed by atoms with van der Waals surface area (Å²) in [5, 5.41) is 0. The smallest absolute Gasteiger partial charge is 0.324 e. The second-order valence-electron chi connectivity index (χ2n) is 6.82. The zero-order valence-corrected chi connectivity index (χ0v) is 21.3. The van der Waals surface area contributed by atoms with Crippen LogP contribution in [0, 0.1) is 0 Å². The van der Waals surface area contributed by atoms with Gasteiger partial charge in [0.15, 0.2) is 0 Å². The first-order valence-electron chi connectivity index (χ1n) is 8.03. The topological polar surface area (TPSA) is 237 Å². The van der Waals surface area contributed by atoms with Crippen molar-refractivity contribution in [2.24, 2.45) is 0 Å². The Kier molecular flexibility index (Phi) is 12.2. The Balaban J connectivity index is 0.00000784. The van der Waals surface area contributed by atoms with Gasteiger partial charge in [-0.25, -0.2) is 0 Å². The van der Waals surface area contributed by atoms with Crippen molar-refractivity contribution in [2.75, 3.05) is 25.1 Å². The summed E-state index contributed by atoms with van der Waals surface area (Å²) >= 11 is 0. The van der Waals surface area contributed by atoms with E-state index in [2.05, 4.69) is 0 Å². The molecule has 19 heteroatoms. The van der Waals surface area contributed by atoms with Crippen molar-refractivity contribution in [3.63, 3.8) is 0 Å². The van der Waals surface area contributed by atoms with Crippen molar-refractivity contribution < 1.29 is 87.0 Å². The summed E-state index contributed by atoms with van der Waals surface area (Å²) in [5.41, 5.74) is 0. The van der Waals surface area contributed by atoms with Gasteiger partial charge in [0.2, 0.25) is 0 Å². The van der Waals surface area contributed by atoms with Crippen LogP contribution >= 0.6 is 30.4 Å². The van der Waals surface area contributed by atoms with Gasteiger partial charge in [-0.1, -0.05) is 12.8 Å². The predicted octanol–water partition coefficient (Wildman–Crippen LogP) is -3.55. The number of rotatable bonds is 10. The van der Waals surface area contributed by atoms with Crippen LogP contribution in [-0.4, -0.2) is 86.2 Å². The summed E-state index contributed by atoms with van der Waals surface area (Å²) in [6.45, 7) is 0. The Bertz CT molecular complexity index is 607. The Morgan fingerprint density at radius 2 is 0.759 bits per heavy atom. The second-order valence-corrected chi connectivity index (χ2v) is 13.3. The maximum atomic E-state index is 11.4. The van der Waals surface area contributed by atoms with Crippen molar-refractivity contribution in [3.8, 4) is 0 Å². The van der Waals surface area contributed by atoms with Crippen LogP contribution in [-0.2, 0) is 18.3 Å². The normalized spacial score (nSPS) is 22.0. The molecular formula is C10H26N2NaO12P4+. The van der Waals surface area contributed by atoms with E-state index in [1.54, 1.807) is 0 Å². The molecule has 0 saturated heterocycles. The Labute approximate surface area is 189 Å². The van der Waals surface area contributed by atoms with Crippen molar-refractivity contribution >= 4 is 30.4 Å². The molecule has 0 bridgehead atoms. The van der Waals surface area contributed by atoms with E-state index in [4.69, 9.17) is 0 Å². The molecule has 0 amide bonds. The van der Waals surface area contributed by atoms with Gasteiger partial charge in [0, 0.05) is 12.1 Å². The molecule has 2 atom stereocenters. The van der Waals surface area contributed by atoms with E-state index < -0.39 is 67.6 Å². The van der Waals surface area contributed by atoms with E-state index in [0.717, 1.165) is 9.80 Å². The summed E-state index contributed by atoms with van der Waals surface area (Å²) in [6, 6.07) is -1.96. The van der Waals surface area contributed by atoms with E-state index in [9.17, 15) is 57.4 Å². The number of hydrogen-bond donors (Lipinski definition) is 8. The van der Waals surface area contributed by atoms with Gasteiger partial charge in [-0.15, -0.1) is 0 Å². The molecule has 8 N–H and O–H groups in total. The van der Waals surface area contributed by atoms with Gasteiger partial charge >= 0.3 is 59.9 Å². The third-order valence-corrected chi connectivity index (χ3v) is 7.02. The van der Waals surface area contributed by atoms with Gasteiger partial charge in [0.05, 0.1) is 0 Å². The van der Waals surface area contributed by atoms with Crippen LogP contribution in [0.25, 0.3) is 0 Å². The van der Waals surface area contributed by atoms with Crippen LogP contribution < -0.4 is 29.6 Å². The molecule has 168 valence electrons. The van der Waals surface area contributed by atoms with Crippen molar-refractivity contribution in [2.45, 2.75) is 37.8 Å². The van der Waals surface area contributed by atoms with E-state index in [1.165, 1.54) is 0 Å². The van der Waals surface area contributed by atoms with E-state index in [-0.39, 0.29) is 42.4 Å². The first-order valence-corrected chi connectivity index (χ1v) is 15.2. The molecule has 1 fully saturated rings. The van der Waals surface area contributed by atoms with Gasteiger partial charge in [0.1, 0.15) is 25.1 Å². The Hall–Kier alpha value is 1.52. The zero-order valence-electron chi connectivity index (χ0n) is 15.7. The molecule has 1 saturated carbocycles. The minimum absolute atomic E-state index is 0. The molecule has 1 rings (SSSR count). The fraction of sp³-hybridized carbons (Fsp3) is 1.00. The molecule has 0 radical (unpaired) electrons. The van der Waals surface area contributed by atoms with Crippen molar-refractivity contribution in [1.82, 2.24) is 9.80 Å². The van der Waals surface area contributed by atoms with Crippen molar-refractivity contribution in [1.29, 1.82) is 0 Å². The average Bonchev–Trinajstić information content (AvgIpc) is 2.39. The molecule has 0 heterocycles. The summed E-state index contributed by atoms with van der Waals surface area (Å²) < 4.78 is 45.8. The number of nitrogens with zero attached hydrogens (tertiary/aromatic N) is 2. The van der Waals surface area contributed by atoms with Crippen LogP contribution in [0.1, 0.15) is 25.7 Å². The molecule has 29 heavy (non-hydrogen) atoms. The van der Waals surface area contributed by atoms with Gasteiger partial charge in [-0.3, -0.25) is 28.1 Å². The van der Waals surface area contributed by atoms with Crippen LogP contribution in [0.2, 0.25) is 0 Å². The van der Waals surface area contributed by atoms with Gasteiger partial charge < -0.3 is 39.1 Å². The zero-order chi connectivity index (χ0) is 22.0. The molecule has 0 aromatic rings. The second kappa shape index (κ2) is 11.6. The number of hydrogen-bond acceptors (Lipinski definition) is 6. The molecule has 1 aliphatic rings. The molecule has 0 aromatic carbocycles. The molecule has 0 aromatic heterocycles. The maximum Gasteiger partial charge on any atom is 1.00 e. The SMILES string of the molecule is O=P(O)(O)CN(CP(=O)(O)O)C1CCCCC1N(CP(=O)(O)O)CP(=O)(O)O.[Na+]. The molecule has 2 unspecified atom stereocenters. The van der Waals surface area contributed by atoms with Crippen LogP contribution in [0.15, 0.2) is 0 Å². The van der Waals surface area contributed by atoms with Gasteiger partial charge in [0.25, 0.3) is 0 Å². The summed E-state index contributed by atoms with van der Waals surface area (Å²) in [4.78, 5) is 75.8. The first-order chi connectivity index (χ1) is 12.4. The maximum absolute atomic E-state index is 11.4. The standard InChI is InChI=1S/C10H26N2O12P4.Na/c13-25(14,15)5-11(6-26(16,17)18)9-3-1-2-4-10(9)12(7-27(19,20)21)8-28(22,23)24;/h9-10H,1-8H2,(H2,13,14,15)(H2,16,17,18)(H2,19,20,21)(H2,22,23,24);/q;+1. The molecule has 0 spiro atoms. The van der Waals surface area contributed by atoms with E-state index >= 15 is 0 Å². The van der Waals surface area contributed by atoms with Gasteiger partial charge in [-0.2, -0.15) is 0 Å². The largest absolute Gasteiger partial charge is 1.00 e. The van der Waals surface area contributed by atoms with Crippen molar-refractivity contribution in [3.05, 3.63) is 0 Å². The van der Waals surface area contributed by atoms with E-state index in [0.29, 0.717) is 12.8 Å². The monoisotopic (exact) mass is 513 g/mol. The van der Waals surface area contributed by atoms with Gasteiger partial charge in [-0.05, 0) is 12.8 Å². The summed E-state index contributed by atoms with van der Waals surface area (Å²) in [7, 11) is -19.0. The Morgan fingerprint density at radius 1 is 0.552 bits per heavy atom. The molecule has 14 nitrogen and oxygen atoms in total.